The highest BCUT2D eigenvalue weighted by atomic mass is 35.5. The molecule has 1 aromatic heterocycles. The Bertz CT molecular complexity index is 804. The van der Waals surface area contributed by atoms with Gasteiger partial charge in [0.2, 0.25) is 6.79 Å². The summed E-state index contributed by atoms with van der Waals surface area (Å²) in [6, 6.07) is 6.75. The number of fused-ring (bicyclic) bond motifs is 1. The highest BCUT2D eigenvalue weighted by Gasteiger charge is 2.16. The van der Waals surface area contributed by atoms with Crippen LogP contribution in [0.3, 0.4) is 0 Å². The lowest BCUT2D eigenvalue weighted by Gasteiger charge is -2.16. The molecule has 0 aliphatic carbocycles. The van der Waals surface area contributed by atoms with Gasteiger partial charge in [-0.2, -0.15) is 0 Å². The minimum Gasteiger partial charge on any atom is -0.454 e. The van der Waals surface area contributed by atoms with Crippen LogP contribution >= 0.6 is 23.2 Å². The van der Waals surface area contributed by atoms with Crippen LogP contribution in [0.25, 0.3) is 0 Å². The largest absolute Gasteiger partial charge is 0.454 e. The Balaban J connectivity index is 1.42. The number of benzene rings is 1. The van der Waals surface area contributed by atoms with Gasteiger partial charge in [-0.25, -0.2) is 9.78 Å². The van der Waals surface area contributed by atoms with Crippen molar-refractivity contribution in [3.05, 3.63) is 46.1 Å². The first kappa shape index (κ1) is 18.4. The average molecular weight is 397 g/mol. The topological polar surface area (TPSA) is 84.5 Å². The molecule has 7 nitrogen and oxygen atoms in total. The van der Waals surface area contributed by atoms with E-state index in [-0.39, 0.29) is 18.9 Å². The molecule has 1 aliphatic rings. The average Bonchev–Trinajstić information content (AvgIpc) is 3.07. The Kier molecular flexibility index (Phi) is 5.90. The fraction of sp³-hybridized carbons (Fsp3) is 0.294. The van der Waals surface area contributed by atoms with Gasteiger partial charge in [0.15, 0.2) is 11.5 Å². The Morgan fingerprint density at radius 2 is 2.04 bits per heavy atom. The lowest BCUT2D eigenvalue weighted by molar-refractivity contribution is 0.174. The molecule has 2 amide bonds. The summed E-state index contributed by atoms with van der Waals surface area (Å²) in [7, 11) is 0. The summed E-state index contributed by atoms with van der Waals surface area (Å²) in [6.45, 7) is 2.99. The summed E-state index contributed by atoms with van der Waals surface area (Å²) in [5.41, 5.74) is 0.930. The second-order valence-electron chi connectivity index (χ2n) is 5.65. The first-order valence-electron chi connectivity index (χ1n) is 8.02. The zero-order valence-electron chi connectivity index (χ0n) is 14.0. The van der Waals surface area contributed by atoms with Gasteiger partial charge in [-0.1, -0.05) is 29.3 Å². The van der Waals surface area contributed by atoms with Gasteiger partial charge < -0.3 is 25.4 Å². The number of carbonyl (C=O) groups excluding carboxylic acids is 1. The van der Waals surface area contributed by atoms with Gasteiger partial charge in [0.1, 0.15) is 5.82 Å². The van der Waals surface area contributed by atoms with Crippen molar-refractivity contribution in [2.45, 2.75) is 13.0 Å². The third-order valence-electron chi connectivity index (χ3n) is 3.76. The quantitative estimate of drug-likeness (QED) is 0.649. The number of anilines is 1. The van der Waals surface area contributed by atoms with Crippen LogP contribution in [0.15, 0.2) is 30.5 Å². The van der Waals surface area contributed by atoms with E-state index in [2.05, 4.69) is 20.9 Å². The van der Waals surface area contributed by atoms with E-state index in [1.54, 1.807) is 6.07 Å². The lowest BCUT2D eigenvalue weighted by atomic mass is 10.1. The number of rotatable bonds is 6. The summed E-state index contributed by atoms with van der Waals surface area (Å²) < 4.78 is 10.6. The fourth-order valence-corrected chi connectivity index (χ4v) is 2.86. The van der Waals surface area contributed by atoms with Crippen molar-refractivity contribution < 1.29 is 14.3 Å². The van der Waals surface area contributed by atoms with E-state index in [1.165, 1.54) is 6.20 Å². The zero-order valence-corrected chi connectivity index (χ0v) is 15.5. The van der Waals surface area contributed by atoms with Crippen LogP contribution in [-0.2, 0) is 0 Å². The summed E-state index contributed by atoms with van der Waals surface area (Å²) in [5, 5.41) is 9.57. The maximum Gasteiger partial charge on any atom is 0.315 e. The van der Waals surface area contributed by atoms with Crippen molar-refractivity contribution in [3.8, 4) is 11.5 Å². The van der Waals surface area contributed by atoms with Crippen LogP contribution in [0, 0.1) is 0 Å². The van der Waals surface area contributed by atoms with Crippen molar-refractivity contribution in [2.24, 2.45) is 0 Å². The third-order valence-corrected chi connectivity index (χ3v) is 4.25. The van der Waals surface area contributed by atoms with Crippen LogP contribution in [0.5, 0.6) is 11.5 Å². The Labute approximate surface area is 161 Å². The molecular formula is C17H18Cl2N4O3. The van der Waals surface area contributed by atoms with Crippen molar-refractivity contribution in [2.75, 3.05) is 25.2 Å². The predicted octanol–water partition coefficient (Wildman–Crippen LogP) is 3.59. The number of pyridine rings is 1. The maximum absolute atomic E-state index is 12.0. The number of ether oxygens (including phenoxy) is 2. The summed E-state index contributed by atoms with van der Waals surface area (Å²) in [5.74, 6) is 1.92. The number of aromatic nitrogens is 1. The molecule has 1 aromatic carbocycles. The van der Waals surface area contributed by atoms with E-state index in [1.807, 2.05) is 25.1 Å². The maximum atomic E-state index is 12.0. The minimum absolute atomic E-state index is 0.176. The van der Waals surface area contributed by atoms with Crippen LogP contribution in [0.1, 0.15) is 18.5 Å². The van der Waals surface area contributed by atoms with Gasteiger partial charge in [0, 0.05) is 19.3 Å². The lowest BCUT2D eigenvalue weighted by Crippen LogP contribution is -2.39. The van der Waals surface area contributed by atoms with Crippen LogP contribution in [0.2, 0.25) is 10.0 Å². The van der Waals surface area contributed by atoms with E-state index in [0.29, 0.717) is 40.5 Å². The van der Waals surface area contributed by atoms with Crippen molar-refractivity contribution in [3.63, 3.8) is 0 Å². The molecule has 1 aliphatic heterocycles. The molecule has 2 heterocycles. The number of hydrogen-bond acceptors (Lipinski definition) is 5. The monoisotopic (exact) mass is 396 g/mol. The Hall–Kier alpha value is -2.38. The fourth-order valence-electron chi connectivity index (χ4n) is 2.42. The normalized spacial score (nSPS) is 13.2. The Morgan fingerprint density at radius 1 is 1.23 bits per heavy atom. The molecule has 0 bridgehead atoms. The molecule has 0 saturated heterocycles. The molecule has 138 valence electrons. The van der Waals surface area contributed by atoms with Gasteiger partial charge in [-0.15, -0.1) is 0 Å². The molecule has 1 atom stereocenters. The molecule has 3 N–H and O–H groups in total. The number of hydrogen-bond donors (Lipinski definition) is 3. The van der Waals surface area contributed by atoms with Gasteiger partial charge in [-0.3, -0.25) is 0 Å². The number of carbonyl (C=O) groups is 1. The van der Waals surface area contributed by atoms with Gasteiger partial charge in [0.25, 0.3) is 0 Å². The van der Waals surface area contributed by atoms with Crippen molar-refractivity contribution in [1.82, 2.24) is 15.6 Å². The summed E-state index contributed by atoms with van der Waals surface area (Å²) >= 11 is 11.8. The van der Waals surface area contributed by atoms with E-state index >= 15 is 0 Å². The molecule has 0 radical (unpaired) electrons. The standard InChI is InChI=1S/C17H18Cl2N4O3/c1-10(11-2-3-14-15(6-11)26-9-25-14)23-17(24)21-5-4-20-16-13(19)7-12(18)8-22-16/h2-3,6-8,10H,4-5,9H2,1H3,(H,20,22)(H2,21,23,24)/t10-/m1/s1. The van der Waals surface area contributed by atoms with Crippen molar-refractivity contribution in [1.29, 1.82) is 0 Å². The molecule has 2 aromatic rings. The minimum atomic E-state index is -0.271. The highest BCUT2D eigenvalue weighted by Crippen LogP contribution is 2.34. The van der Waals surface area contributed by atoms with E-state index in [0.717, 1.165) is 5.56 Å². The van der Waals surface area contributed by atoms with E-state index in [4.69, 9.17) is 32.7 Å². The SMILES string of the molecule is C[C@@H](NC(=O)NCCNc1ncc(Cl)cc1Cl)c1ccc2c(c1)OCO2. The number of halogens is 2. The number of amides is 2. The molecule has 3 rings (SSSR count). The molecule has 9 heteroatoms. The van der Waals surface area contributed by atoms with Crippen molar-refractivity contribution >= 4 is 35.1 Å². The van der Waals surface area contributed by atoms with Crippen LogP contribution < -0.4 is 25.4 Å². The van der Waals surface area contributed by atoms with E-state index in [9.17, 15) is 4.79 Å². The molecular weight excluding hydrogens is 379 g/mol. The molecule has 0 spiro atoms. The third kappa shape index (κ3) is 4.62. The summed E-state index contributed by atoms with van der Waals surface area (Å²) in [6.07, 6.45) is 1.50. The van der Waals surface area contributed by atoms with Gasteiger partial charge in [0.05, 0.1) is 16.1 Å². The molecule has 0 fully saturated rings. The van der Waals surface area contributed by atoms with Crippen LogP contribution in [0.4, 0.5) is 10.6 Å². The second-order valence-corrected chi connectivity index (χ2v) is 6.49. The van der Waals surface area contributed by atoms with E-state index < -0.39 is 0 Å². The highest BCUT2D eigenvalue weighted by molar-refractivity contribution is 6.35. The van der Waals surface area contributed by atoms with Crippen LogP contribution in [-0.4, -0.2) is 30.9 Å². The molecule has 0 unspecified atom stereocenters. The number of nitrogens with one attached hydrogen (secondary N) is 3. The second kappa shape index (κ2) is 8.33. The number of urea groups is 1. The first-order chi connectivity index (χ1) is 12.5. The molecule has 26 heavy (non-hydrogen) atoms. The summed E-state index contributed by atoms with van der Waals surface area (Å²) in [4.78, 5) is 16.1. The van der Waals surface area contributed by atoms with Gasteiger partial charge in [-0.05, 0) is 30.7 Å². The smallest absolute Gasteiger partial charge is 0.315 e. The number of nitrogens with zero attached hydrogens (tertiary/aromatic N) is 1. The Morgan fingerprint density at radius 3 is 2.85 bits per heavy atom. The van der Waals surface area contributed by atoms with Gasteiger partial charge >= 0.3 is 6.03 Å². The predicted molar refractivity (Wildman–Crippen MR) is 100 cm³/mol. The molecule has 0 saturated carbocycles. The first-order valence-corrected chi connectivity index (χ1v) is 8.77. The zero-order chi connectivity index (χ0) is 18.5.